The third kappa shape index (κ3) is 7.04. The van der Waals surface area contributed by atoms with Gasteiger partial charge in [-0.2, -0.15) is 0 Å². The third-order valence-electron chi connectivity index (χ3n) is 7.21. The molecule has 0 aromatic heterocycles. The summed E-state index contributed by atoms with van der Waals surface area (Å²) in [6, 6.07) is 13.5. The van der Waals surface area contributed by atoms with Crippen LogP contribution in [-0.4, -0.2) is 73.6 Å². The maximum atomic E-state index is 13.5. The summed E-state index contributed by atoms with van der Waals surface area (Å²) in [7, 11) is 3.35. The molecule has 4 amide bonds. The first-order chi connectivity index (χ1) is 18.2. The lowest BCUT2D eigenvalue weighted by Gasteiger charge is -2.36. The van der Waals surface area contributed by atoms with E-state index in [1.807, 2.05) is 36.9 Å². The average molecular weight is 523 g/mol. The Balaban J connectivity index is 1.57. The molecule has 9 nitrogen and oxygen atoms in total. The van der Waals surface area contributed by atoms with Crippen LogP contribution in [0.25, 0.3) is 0 Å². The fraction of sp³-hybridized carbons (Fsp3) is 0.483. The quantitative estimate of drug-likeness (QED) is 0.604. The zero-order valence-corrected chi connectivity index (χ0v) is 22.6. The van der Waals surface area contributed by atoms with Gasteiger partial charge in [-0.25, -0.2) is 4.79 Å². The van der Waals surface area contributed by atoms with Gasteiger partial charge in [0.1, 0.15) is 12.4 Å². The van der Waals surface area contributed by atoms with Crippen LogP contribution < -0.4 is 15.4 Å². The number of urea groups is 1. The van der Waals surface area contributed by atoms with Crippen molar-refractivity contribution in [3.63, 3.8) is 0 Å². The van der Waals surface area contributed by atoms with Crippen molar-refractivity contribution in [2.45, 2.75) is 45.3 Å². The number of rotatable bonds is 5. The van der Waals surface area contributed by atoms with Gasteiger partial charge in [0.2, 0.25) is 5.91 Å². The molecule has 0 radical (unpaired) electrons. The molecule has 0 bridgehead atoms. The van der Waals surface area contributed by atoms with Crippen molar-refractivity contribution in [1.29, 1.82) is 0 Å². The molecule has 1 fully saturated rings. The van der Waals surface area contributed by atoms with Crippen LogP contribution in [0, 0.1) is 11.8 Å². The first-order valence-electron chi connectivity index (χ1n) is 13.2. The minimum Gasteiger partial charge on any atom is -0.491 e. The average Bonchev–Trinajstić information content (AvgIpc) is 3.72. The fourth-order valence-electron chi connectivity index (χ4n) is 4.70. The van der Waals surface area contributed by atoms with Gasteiger partial charge in [0.25, 0.3) is 5.91 Å². The molecule has 0 spiro atoms. The molecule has 2 aromatic rings. The predicted molar refractivity (Wildman–Crippen MR) is 146 cm³/mol. The number of ether oxygens (including phenoxy) is 2. The zero-order valence-electron chi connectivity index (χ0n) is 22.6. The van der Waals surface area contributed by atoms with Crippen LogP contribution in [0.2, 0.25) is 0 Å². The first kappa shape index (κ1) is 27.4. The van der Waals surface area contributed by atoms with E-state index in [0.29, 0.717) is 48.1 Å². The van der Waals surface area contributed by atoms with Gasteiger partial charge >= 0.3 is 6.03 Å². The largest absolute Gasteiger partial charge is 0.491 e. The van der Waals surface area contributed by atoms with Crippen molar-refractivity contribution in [3.8, 4) is 5.75 Å². The second-order valence-corrected chi connectivity index (χ2v) is 10.4. The Hall–Kier alpha value is -3.59. The van der Waals surface area contributed by atoms with Crippen molar-refractivity contribution in [3.05, 3.63) is 54.1 Å². The number of carbonyl (C=O) groups is 3. The summed E-state index contributed by atoms with van der Waals surface area (Å²) in [4.78, 5) is 42.8. The van der Waals surface area contributed by atoms with E-state index in [4.69, 9.17) is 9.47 Å². The van der Waals surface area contributed by atoms with E-state index < -0.39 is 6.03 Å². The molecule has 2 aromatic carbocycles. The third-order valence-corrected chi connectivity index (χ3v) is 7.21. The van der Waals surface area contributed by atoms with Gasteiger partial charge in [0, 0.05) is 51.0 Å². The summed E-state index contributed by atoms with van der Waals surface area (Å²) in [6.07, 6.45) is 2.53. The minimum absolute atomic E-state index is 0.00873. The molecule has 204 valence electrons. The highest BCUT2D eigenvalue weighted by atomic mass is 16.5. The van der Waals surface area contributed by atoms with Crippen LogP contribution in [0.15, 0.2) is 48.5 Å². The Kier molecular flexibility index (Phi) is 8.89. The molecule has 38 heavy (non-hydrogen) atoms. The summed E-state index contributed by atoms with van der Waals surface area (Å²) < 4.78 is 11.9. The van der Waals surface area contributed by atoms with Crippen LogP contribution in [0.4, 0.5) is 16.2 Å². The summed E-state index contributed by atoms with van der Waals surface area (Å²) in [5.41, 5.74) is 1.45. The molecule has 0 saturated heterocycles. The molecule has 2 aliphatic rings. The molecule has 2 N–H and O–H groups in total. The molecule has 1 aliphatic carbocycles. The highest BCUT2D eigenvalue weighted by molar-refractivity contribution is 6.02. The van der Waals surface area contributed by atoms with E-state index >= 15 is 0 Å². The molecule has 1 aliphatic heterocycles. The number of hydrogen-bond donors (Lipinski definition) is 2. The Bertz CT molecular complexity index is 1140. The van der Waals surface area contributed by atoms with Gasteiger partial charge in [0.15, 0.2) is 0 Å². The monoisotopic (exact) mass is 522 g/mol. The molecule has 4 rings (SSSR count). The molecule has 1 saturated carbocycles. The van der Waals surface area contributed by atoms with E-state index in [0.717, 1.165) is 12.8 Å². The van der Waals surface area contributed by atoms with Gasteiger partial charge in [-0.1, -0.05) is 25.1 Å². The Morgan fingerprint density at radius 1 is 1.03 bits per heavy atom. The lowest BCUT2D eigenvalue weighted by Crippen LogP contribution is -2.48. The van der Waals surface area contributed by atoms with Crippen LogP contribution in [0.5, 0.6) is 5.75 Å². The van der Waals surface area contributed by atoms with Crippen molar-refractivity contribution >= 4 is 29.2 Å². The molecule has 3 atom stereocenters. The normalized spacial score (nSPS) is 22.4. The Morgan fingerprint density at radius 2 is 1.74 bits per heavy atom. The number of anilines is 2. The van der Waals surface area contributed by atoms with E-state index in [2.05, 4.69) is 10.6 Å². The van der Waals surface area contributed by atoms with Gasteiger partial charge in [-0.3, -0.25) is 9.59 Å². The molecule has 1 heterocycles. The number of para-hydroxylation sites is 1. The molecular weight excluding hydrogens is 484 g/mol. The van der Waals surface area contributed by atoms with Gasteiger partial charge in [-0.05, 0) is 56.0 Å². The van der Waals surface area contributed by atoms with Crippen LogP contribution in [0.1, 0.15) is 43.5 Å². The minimum atomic E-state index is -0.419. The number of hydrogen-bond acceptors (Lipinski definition) is 5. The van der Waals surface area contributed by atoms with E-state index in [-0.39, 0.29) is 36.5 Å². The van der Waals surface area contributed by atoms with Crippen LogP contribution in [-0.2, 0) is 9.53 Å². The second kappa shape index (κ2) is 12.3. The van der Waals surface area contributed by atoms with Gasteiger partial charge in [0.05, 0.1) is 17.7 Å². The van der Waals surface area contributed by atoms with Gasteiger partial charge < -0.3 is 29.9 Å². The molecule has 0 unspecified atom stereocenters. The Morgan fingerprint density at radius 3 is 2.42 bits per heavy atom. The van der Waals surface area contributed by atoms with Crippen LogP contribution >= 0.6 is 0 Å². The molecule has 9 heteroatoms. The predicted octanol–water partition coefficient (Wildman–Crippen LogP) is 4.46. The summed E-state index contributed by atoms with van der Waals surface area (Å²) in [6.45, 7) is 5.14. The zero-order chi connectivity index (χ0) is 27.2. The number of fused-ring (bicyclic) bond motifs is 1. The Labute approximate surface area is 224 Å². The van der Waals surface area contributed by atoms with Crippen molar-refractivity contribution in [2.24, 2.45) is 11.8 Å². The van der Waals surface area contributed by atoms with E-state index in [9.17, 15) is 14.4 Å². The topological polar surface area (TPSA) is 100 Å². The van der Waals surface area contributed by atoms with Crippen molar-refractivity contribution < 1.29 is 23.9 Å². The number of amides is 4. The lowest BCUT2D eigenvalue weighted by molar-refractivity contribution is -0.135. The summed E-state index contributed by atoms with van der Waals surface area (Å²) in [5, 5.41) is 5.56. The fourth-order valence-corrected chi connectivity index (χ4v) is 4.70. The summed E-state index contributed by atoms with van der Waals surface area (Å²) in [5.74, 6) is 0.793. The number of nitrogens with zero attached hydrogens (tertiary/aromatic N) is 2. The smallest absolute Gasteiger partial charge is 0.323 e. The van der Waals surface area contributed by atoms with E-state index in [1.54, 1.807) is 49.4 Å². The SMILES string of the molecule is CO[C@H]1CN(C)C(=O)c2cc(NC(=O)Nc3ccccc3)ccc2OC[C@@H](C)N(C(=O)CC2CC2)C[C@H]1C. The van der Waals surface area contributed by atoms with Crippen molar-refractivity contribution in [1.82, 2.24) is 9.80 Å². The maximum absolute atomic E-state index is 13.5. The van der Waals surface area contributed by atoms with E-state index in [1.165, 1.54) is 0 Å². The van der Waals surface area contributed by atoms with Gasteiger partial charge in [-0.15, -0.1) is 0 Å². The second-order valence-electron chi connectivity index (χ2n) is 10.4. The standard InChI is InChI=1S/C29H38N4O5/c1-19-16-33(27(34)14-21-10-11-21)20(2)18-38-25-13-12-23(31-29(36)30-22-8-6-5-7-9-22)15-24(25)28(35)32(3)17-26(19)37-4/h5-9,12-13,15,19-21,26H,10-11,14,16-18H2,1-4H3,(H2,30,31,36)/t19-,20-,26+/m1/s1. The highest BCUT2D eigenvalue weighted by Crippen LogP contribution is 2.33. The number of benzene rings is 2. The number of carbonyl (C=O) groups excluding carboxylic acids is 3. The highest BCUT2D eigenvalue weighted by Gasteiger charge is 2.33. The first-order valence-corrected chi connectivity index (χ1v) is 13.2. The number of nitrogens with one attached hydrogen (secondary N) is 2. The number of methoxy groups -OCH3 is 1. The van der Waals surface area contributed by atoms with Crippen molar-refractivity contribution in [2.75, 3.05) is 44.5 Å². The number of likely N-dealkylation sites (N-methyl/N-ethyl adjacent to an activating group) is 1. The lowest BCUT2D eigenvalue weighted by atomic mass is 10.0. The molecular formula is C29H38N4O5. The van der Waals surface area contributed by atoms with Crippen LogP contribution in [0.3, 0.4) is 0 Å². The summed E-state index contributed by atoms with van der Waals surface area (Å²) >= 11 is 0. The maximum Gasteiger partial charge on any atom is 0.323 e.